The minimum Gasteiger partial charge on any atom is -0.492 e. The van der Waals surface area contributed by atoms with Crippen LogP contribution in [0.5, 0.6) is 5.75 Å². The number of likely N-dealkylation sites (N-methyl/N-ethyl adjacent to an activating group) is 1. The van der Waals surface area contributed by atoms with Gasteiger partial charge in [0.25, 0.3) is 0 Å². The molecule has 0 unspecified atom stereocenters. The number of carbonyl (C=O) groups is 1. The maximum absolute atomic E-state index is 12.4. The molecule has 0 fully saturated rings. The SMILES string of the molecule is CN(CCOc1ccccc1)C(=O)Nc1cccc2ccccc12. The summed E-state index contributed by atoms with van der Waals surface area (Å²) >= 11 is 0. The van der Waals surface area contributed by atoms with Crippen molar-refractivity contribution in [1.82, 2.24) is 4.90 Å². The van der Waals surface area contributed by atoms with Gasteiger partial charge in [-0.15, -0.1) is 0 Å². The molecule has 0 atom stereocenters. The van der Waals surface area contributed by atoms with Crippen LogP contribution in [0.3, 0.4) is 0 Å². The summed E-state index contributed by atoms with van der Waals surface area (Å²) in [5.41, 5.74) is 0.814. The van der Waals surface area contributed by atoms with E-state index in [9.17, 15) is 4.79 Å². The summed E-state index contributed by atoms with van der Waals surface area (Å²) < 4.78 is 5.63. The van der Waals surface area contributed by atoms with Crippen LogP contribution in [0.2, 0.25) is 0 Å². The molecule has 0 saturated heterocycles. The van der Waals surface area contributed by atoms with E-state index >= 15 is 0 Å². The van der Waals surface area contributed by atoms with E-state index < -0.39 is 0 Å². The van der Waals surface area contributed by atoms with Crippen molar-refractivity contribution >= 4 is 22.5 Å². The molecule has 0 radical (unpaired) electrons. The highest BCUT2D eigenvalue weighted by Crippen LogP contribution is 2.23. The Bertz CT molecular complexity index is 813. The standard InChI is InChI=1S/C20H20N2O2/c1-22(14-15-24-17-10-3-2-4-11-17)20(23)21-19-13-7-9-16-8-5-6-12-18(16)19/h2-13H,14-15H2,1H3,(H,21,23). The number of nitrogens with zero attached hydrogens (tertiary/aromatic N) is 1. The van der Waals surface area contributed by atoms with Crippen molar-refractivity contribution in [2.45, 2.75) is 0 Å². The molecule has 4 heteroatoms. The van der Waals surface area contributed by atoms with Gasteiger partial charge in [-0.3, -0.25) is 0 Å². The highest BCUT2D eigenvalue weighted by atomic mass is 16.5. The van der Waals surface area contributed by atoms with Gasteiger partial charge in [0.05, 0.1) is 12.2 Å². The Morgan fingerprint density at radius 2 is 1.67 bits per heavy atom. The number of urea groups is 1. The lowest BCUT2D eigenvalue weighted by Crippen LogP contribution is -2.34. The zero-order valence-corrected chi connectivity index (χ0v) is 13.6. The van der Waals surface area contributed by atoms with Crippen LogP contribution in [0.25, 0.3) is 10.8 Å². The topological polar surface area (TPSA) is 41.6 Å². The van der Waals surface area contributed by atoms with Crippen LogP contribution >= 0.6 is 0 Å². The molecule has 3 rings (SSSR count). The third-order valence-corrected chi connectivity index (χ3v) is 3.82. The average Bonchev–Trinajstić information content (AvgIpc) is 2.63. The van der Waals surface area contributed by atoms with E-state index in [0.29, 0.717) is 13.2 Å². The van der Waals surface area contributed by atoms with Gasteiger partial charge < -0.3 is 15.0 Å². The largest absolute Gasteiger partial charge is 0.492 e. The molecular formula is C20H20N2O2. The molecule has 3 aromatic rings. The Hall–Kier alpha value is -3.01. The summed E-state index contributed by atoms with van der Waals surface area (Å²) in [5.74, 6) is 0.806. The number of benzene rings is 3. The van der Waals surface area contributed by atoms with Crippen molar-refractivity contribution < 1.29 is 9.53 Å². The summed E-state index contributed by atoms with van der Waals surface area (Å²) in [6.07, 6.45) is 0. The minimum absolute atomic E-state index is 0.150. The fraction of sp³-hybridized carbons (Fsp3) is 0.150. The highest BCUT2D eigenvalue weighted by Gasteiger charge is 2.10. The monoisotopic (exact) mass is 320 g/mol. The number of fused-ring (bicyclic) bond motifs is 1. The quantitative estimate of drug-likeness (QED) is 0.758. The van der Waals surface area contributed by atoms with Gasteiger partial charge in [0.2, 0.25) is 0 Å². The zero-order valence-electron chi connectivity index (χ0n) is 13.6. The molecule has 0 aliphatic rings. The Morgan fingerprint density at radius 3 is 2.50 bits per heavy atom. The summed E-state index contributed by atoms with van der Waals surface area (Å²) in [4.78, 5) is 14.0. The summed E-state index contributed by atoms with van der Waals surface area (Å²) in [6.45, 7) is 0.953. The number of hydrogen-bond acceptors (Lipinski definition) is 2. The van der Waals surface area contributed by atoms with E-state index in [2.05, 4.69) is 5.32 Å². The molecule has 3 aromatic carbocycles. The summed E-state index contributed by atoms with van der Waals surface area (Å²) in [6, 6.07) is 23.3. The second-order valence-corrected chi connectivity index (χ2v) is 5.54. The zero-order chi connectivity index (χ0) is 16.8. The first-order valence-electron chi connectivity index (χ1n) is 7.92. The Kier molecular flexibility index (Phi) is 4.96. The molecular weight excluding hydrogens is 300 g/mol. The number of amides is 2. The molecule has 0 bridgehead atoms. The summed E-state index contributed by atoms with van der Waals surface area (Å²) in [5, 5.41) is 5.10. The lowest BCUT2D eigenvalue weighted by Gasteiger charge is -2.19. The third kappa shape index (κ3) is 3.84. The van der Waals surface area contributed by atoms with Crippen molar-refractivity contribution in [1.29, 1.82) is 0 Å². The fourth-order valence-electron chi connectivity index (χ4n) is 2.46. The molecule has 0 aliphatic carbocycles. The van der Waals surface area contributed by atoms with Gasteiger partial charge in [0.15, 0.2) is 0 Å². The fourth-order valence-corrected chi connectivity index (χ4v) is 2.46. The van der Waals surface area contributed by atoms with E-state index in [-0.39, 0.29) is 6.03 Å². The Morgan fingerprint density at radius 1 is 0.958 bits per heavy atom. The van der Waals surface area contributed by atoms with Gasteiger partial charge in [-0.2, -0.15) is 0 Å². The highest BCUT2D eigenvalue weighted by molar-refractivity contribution is 6.01. The number of para-hydroxylation sites is 1. The molecule has 0 spiro atoms. The first-order valence-corrected chi connectivity index (χ1v) is 7.92. The molecule has 2 amide bonds. The molecule has 24 heavy (non-hydrogen) atoms. The van der Waals surface area contributed by atoms with Crippen molar-refractivity contribution in [3.05, 3.63) is 72.8 Å². The first-order chi connectivity index (χ1) is 11.7. The van der Waals surface area contributed by atoms with E-state index in [0.717, 1.165) is 22.2 Å². The van der Waals surface area contributed by atoms with Gasteiger partial charge in [0.1, 0.15) is 12.4 Å². The lowest BCUT2D eigenvalue weighted by atomic mass is 10.1. The number of anilines is 1. The number of nitrogens with one attached hydrogen (secondary N) is 1. The van der Waals surface area contributed by atoms with Crippen LogP contribution in [0.4, 0.5) is 10.5 Å². The van der Waals surface area contributed by atoms with Crippen molar-refractivity contribution in [2.24, 2.45) is 0 Å². The van der Waals surface area contributed by atoms with Crippen LogP contribution in [-0.2, 0) is 0 Å². The molecule has 4 nitrogen and oxygen atoms in total. The van der Waals surface area contributed by atoms with E-state index in [4.69, 9.17) is 4.74 Å². The second kappa shape index (κ2) is 7.51. The van der Waals surface area contributed by atoms with Crippen molar-refractivity contribution in [2.75, 3.05) is 25.5 Å². The molecule has 0 aromatic heterocycles. The lowest BCUT2D eigenvalue weighted by molar-refractivity contribution is 0.207. The molecule has 0 aliphatic heterocycles. The van der Waals surface area contributed by atoms with Gasteiger partial charge >= 0.3 is 6.03 Å². The van der Waals surface area contributed by atoms with Crippen LogP contribution in [0, 0.1) is 0 Å². The van der Waals surface area contributed by atoms with Gasteiger partial charge in [-0.25, -0.2) is 4.79 Å². The van der Waals surface area contributed by atoms with E-state index in [1.807, 2.05) is 72.8 Å². The van der Waals surface area contributed by atoms with Crippen LogP contribution in [0.15, 0.2) is 72.8 Å². The molecule has 0 saturated carbocycles. The third-order valence-electron chi connectivity index (χ3n) is 3.82. The van der Waals surface area contributed by atoms with Gasteiger partial charge in [-0.1, -0.05) is 54.6 Å². The Labute approximate surface area is 141 Å². The molecule has 1 N–H and O–H groups in total. The average molecular weight is 320 g/mol. The minimum atomic E-state index is -0.150. The first kappa shape index (κ1) is 15.9. The Balaban J connectivity index is 1.57. The maximum Gasteiger partial charge on any atom is 0.321 e. The number of rotatable bonds is 5. The number of ether oxygens (including phenoxy) is 1. The van der Waals surface area contributed by atoms with Gasteiger partial charge in [-0.05, 0) is 23.6 Å². The maximum atomic E-state index is 12.4. The van der Waals surface area contributed by atoms with Crippen LogP contribution in [-0.4, -0.2) is 31.1 Å². The second-order valence-electron chi connectivity index (χ2n) is 5.54. The molecule has 122 valence electrons. The normalized spacial score (nSPS) is 10.4. The van der Waals surface area contributed by atoms with Gasteiger partial charge in [0, 0.05) is 12.4 Å². The predicted octanol–water partition coefficient (Wildman–Crippen LogP) is 4.38. The van der Waals surface area contributed by atoms with E-state index in [1.54, 1.807) is 11.9 Å². The van der Waals surface area contributed by atoms with Crippen molar-refractivity contribution in [3.8, 4) is 5.75 Å². The van der Waals surface area contributed by atoms with Crippen LogP contribution < -0.4 is 10.1 Å². The number of carbonyl (C=O) groups excluding carboxylic acids is 1. The van der Waals surface area contributed by atoms with E-state index in [1.165, 1.54) is 0 Å². The summed E-state index contributed by atoms with van der Waals surface area (Å²) in [7, 11) is 1.76. The van der Waals surface area contributed by atoms with Crippen molar-refractivity contribution in [3.63, 3.8) is 0 Å². The predicted molar refractivity (Wildman–Crippen MR) is 97.5 cm³/mol. The molecule has 0 heterocycles. The number of hydrogen-bond donors (Lipinski definition) is 1. The van der Waals surface area contributed by atoms with Crippen LogP contribution in [0.1, 0.15) is 0 Å². The smallest absolute Gasteiger partial charge is 0.321 e.